The Balaban J connectivity index is 2.17. The smallest absolute Gasteiger partial charge is 0.169 e. The van der Waals surface area contributed by atoms with Crippen molar-refractivity contribution in [2.75, 3.05) is 5.73 Å². The van der Waals surface area contributed by atoms with Crippen LogP contribution < -0.4 is 5.73 Å². The van der Waals surface area contributed by atoms with Gasteiger partial charge in [-0.15, -0.1) is 0 Å². The van der Waals surface area contributed by atoms with Gasteiger partial charge in [-0.3, -0.25) is 0 Å². The lowest BCUT2D eigenvalue weighted by Gasteiger charge is -2.10. The maximum Gasteiger partial charge on any atom is 0.169 e. The van der Waals surface area contributed by atoms with Crippen LogP contribution in [0.15, 0.2) is 28.8 Å². The van der Waals surface area contributed by atoms with Crippen molar-refractivity contribution in [1.82, 2.24) is 14.7 Å². The minimum atomic E-state index is 0.386. The number of hydrogen-bond acceptors (Lipinski definition) is 4. The molecule has 1 aromatic carbocycles. The van der Waals surface area contributed by atoms with Gasteiger partial charge < -0.3 is 14.8 Å². The third kappa shape index (κ3) is 1.87. The second-order valence-corrected chi connectivity index (χ2v) is 4.94. The molecule has 0 aliphatic rings. The second-order valence-electron chi connectivity index (χ2n) is 4.94. The van der Waals surface area contributed by atoms with Gasteiger partial charge in [-0.2, -0.15) is 0 Å². The van der Waals surface area contributed by atoms with Gasteiger partial charge in [-0.1, -0.05) is 5.16 Å². The predicted molar refractivity (Wildman–Crippen MR) is 74.8 cm³/mol. The number of nitrogen functional groups attached to an aromatic ring is 1. The minimum Gasteiger partial charge on any atom is -0.381 e. The summed E-state index contributed by atoms with van der Waals surface area (Å²) in [5.41, 5.74) is 8.59. The summed E-state index contributed by atoms with van der Waals surface area (Å²) in [5.74, 6) is 2.06. The standard InChI is InChI=1S/C14H16N4O/c1-8(2)18-9(3)16-11-6-10(4-5-12(11)18)13-7-14(15)17-19-13/h4-8H,1-3H3,(H2,15,17). The molecule has 5 nitrogen and oxygen atoms in total. The van der Waals surface area contributed by atoms with Crippen LogP contribution in [0.25, 0.3) is 22.4 Å². The van der Waals surface area contributed by atoms with Crippen LogP contribution in [0.5, 0.6) is 0 Å². The van der Waals surface area contributed by atoms with Crippen molar-refractivity contribution in [2.24, 2.45) is 0 Å². The molecule has 2 aromatic heterocycles. The highest BCUT2D eigenvalue weighted by Crippen LogP contribution is 2.27. The molecule has 0 aliphatic heterocycles. The Kier molecular flexibility index (Phi) is 2.55. The monoisotopic (exact) mass is 256 g/mol. The molecule has 0 amide bonds. The number of anilines is 1. The fourth-order valence-corrected chi connectivity index (χ4v) is 2.45. The van der Waals surface area contributed by atoms with Gasteiger partial charge >= 0.3 is 0 Å². The third-order valence-electron chi connectivity index (χ3n) is 3.20. The summed E-state index contributed by atoms with van der Waals surface area (Å²) in [6.07, 6.45) is 0. The van der Waals surface area contributed by atoms with Crippen LogP contribution in [0.4, 0.5) is 5.82 Å². The van der Waals surface area contributed by atoms with Crippen molar-refractivity contribution in [1.29, 1.82) is 0 Å². The molecule has 0 saturated heterocycles. The molecule has 5 heteroatoms. The SMILES string of the molecule is Cc1nc2cc(-c3cc(N)no3)ccc2n1C(C)C. The molecule has 0 aliphatic carbocycles. The quantitative estimate of drug-likeness (QED) is 0.764. The molecular weight excluding hydrogens is 240 g/mol. The zero-order valence-corrected chi connectivity index (χ0v) is 11.2. The molecule has 0 spiro atoms. The van der Waals surface area contributed by atoms with E-state index in [0.717, 1.165) is 22.4 Å². The highest BCUT2D eigenvalue weighted by molar-refractivity contribution is 5.82. The number of imidazole rings is 1. The van der Waals surface area contributed by atoms with E-state index in [1.807, 2.05) is 19.1 Å². The van der Waals surface area contributed by atoms with Crippen LogP contribution in [0.3, 0.4) is 0 Å². The number of fused-ring (bicyclic) bond motifs is 1. The molecule has 0 atom stereocenters. The highest BCUT2D eigenvalue weighted by atomic mass is 16.5. The molecule has 2 N–H and O–H groups in total. The molecule has 0 bridgehead atoms. The number of hydrogen-bond donors (Lipinski definition) is 1. The molecule has 0 fully saturated rings. The van der Waals surface area contributed by atoms with E-state index >= 15 is 0 Å². The van der Waals surface area contributed by atoms with E-state index < -0.39 is 0 Å². The Labute approximate surface area is 111 Å². The lowest BCUT2D eigenvalue weighted by molar-refractivity contribution is 0.436. The first kappa shape index (κ1) is 11.8. The van der Waals surface area contributed by atoms with Crippen LogP contribution in [-0.2, 0) is 0 Å². The first-order valence-electron chi connectivity index (χ1n) is 6.27. The second kappa shape index (κ2) is 4.12. The summed E-state index contributed by atoms with van der Waals surface area (Å²) in [5, 5.41) is 3.70. The van der Waals surface area contributed by atoms with Crippen molar-refractivity contribution >= 4 is 16.9 Å². The number of aryl methyl sites for hydroxylation is 1. The fourth-order valence-electron chi connectivity index (χ4n) is 2.45. The zero-order chi connectivity index (χ0) is 13.6. The van der Waals surface area contributed by atoms with E-state index in [9.17, 15) is 0 Å². The number of aromatic nitrogens is 3. The Morgan fingerprint density at radius 1 is 1.26 bits per heavy atom. The first-order valence-corrected chi connectivity index (χ1v) is 6.27. The van der Waals surface area contributed by atoms with Crippen molar-refractivity contribution in [3.05, 3.63) is 30.1 Å². The van der Waals surface area contributed by atoms with Gasteiger partial charge in [0.25, 0.3) is 0 Å². The highest BCUT2D eigenvalue weighted by Gasteiger charge is 2.12. The predicted octanol–water partition coefficient (Wildman–Crippen LogP) is 3.16. The van der Waals surface area contributed by atoms with Gasteiger partial charge in [0.2, 0.25) is 0 Å². The van der Waals surface area contributed by atoms with E-state index in [4.69, 9.17) is 10.3 Å². The average molecular weight is 256 g/mol. The van der Waals surface area contributed by atoms with Crippen LogP contribution in [0.1, 0.15) is 25.7 Å². The number of nitrogens with zero attached hydrogens (tertiary/aromatic N) is 3. The lowest BCUT2D eigenvalue weighted by Crippen LogP contribution is -2.02. The summed E-state index contributed by atoms with van der Waals surface area (Å²) in [4.78, 5) is 4.60. The zero-order valence-electron chi connectivity index (χ0n) is 11.2. The van der Waals surface area contributed by atoms with Crippen LogP contribution in [0.2, 0.25) is 0 Å². The van der Waals surface area contributed by atoms with E-state index in [-0.39, 0.29) is 0 Å². The van der Waals surface area contributed by atoms with Crippen molar-refractivity contribution in [2.45, 2.75) is 26.8 Å². The maximum atomic E-state index is 5.57. The number of rotatable bonds is 2. The largest absolute Gasteiger partial charge is 0.381 e. The lowest BCUT2D eigenvalue weighted by atomic mass is 10.1. The van der Waals surface area contributed by atoms with Crippen molar-refractivity contribution in [3.8, 4) is 11.3 Å². The Morgan fingerprint density at radius 2 is 2.05 bits per heavy atom. The summed E-state index contributed by atoms with van der Waals surface area (Å²) < 4.78 is 7.39. The van der Waals surface area contributed by atoms with Crippen LogP contribution >= 0.6 is 0 Å². The summed E-state index contributed by atoms with van der Waals surface area (Å²) in [6, 6.07) is 8.16. The molecule has 3 rings (SSSR count). The third-order valence-corrected chi connectivity index (χ3v) is 3.20. The number of benzene rings is 1. The molecule has 0 unspecified atom stereocenters. The molecule has 98 valence electrons. The van der Waals surface area contributed by atoms with Crippen LogP contribution in [-0.4, -0.2) is 14.7 Å². The van der Waals surface area contributed by atoms with Gasteiger partial charge in [-0.05, 0) is 39.0 Å². The van der Waals surface area contributed by atoms with Gasteiger partial charge in [0, 0.05) is 17.7 Å². The maximum absolute atomic E-state index is 5.57. The Hall–Kier alpha value is -2.30. The molecule has 19 heavy (non-hydrogen) atoms. The van der Waals surface area contributed by atoms with Crippen LogP contribution in [0, 0.1) is 6.92 Å². The minimum absolute atomic E-state index is 0.386. The topological polar surface area (TPSA) is 69.9 Å². The van der Waals surface area contributed by atoms with E-state index in [1.165, 1.54) is 0 Å². The van der Waals surface area contributed by atoms with Crippen molar-refractivity contribution in [3.63, 3.8) is 0 Å². The normalized spacial score (nSPS) is 11.6. The first-order chi connectivity index (χ1) is 9.06. The summed E-state index contributed by atoms with van der Waals surface area (Å²) in [7, 11) is 0. The molecule has 2 heterocycles. The van der Waals surface area contributed by atoms with Gasteiger partial charge in [-0.25, -0.2) is 4.98 Å². The summed E-state index contributed by atoms with van der Waals surface area (Å²) >= 11 is 0. The van der Waals surface area contributed by atoms with Gasteiger partial charge in [0.1, 0.15) is 5.82 Å². The average Bonchev–Trinajstić information content (AvgIpc) is 2.90. The van der Waals surface area contributed by atoms with E-state index in [2.05, 4.69) is 34.6 Å². The Morgan fingerprint density at radius 3 is 2.68 bits per heavy atom. The fraction of sp³-hybridized carbons (Fsp3) is 0.286. The van der Waals surface area contributed by atoms with E-state index in [1.54, 1.807) is 6.07 Å². The summed E-state index contributed by atoms with van der Waals surface area (Å²) in [6.45, 7) is 6.32. The Bertz CT molecular complexity index is 739. The van der Waals surface area contributed by atoms with Crippen molar-refractivity contribution < 1.29 is 4.52 Å². The van der Waals surface area contributed by atoms with Gasteiger partial charge in [0.05, 0.1) is 11.0 Å². The van der Waals surface area contributed by atoms with Gasteiger partial charge in [0.15, 0.2) is 11.6 Å². The molecule has 3 aromatic rings. The molecule has 0 radical (unpaired) electrons. The molecule has 0 saturated carbocycles. The molecular formula is C14H16N4O. The van der Waals surface area contributed by atoms with E-state index in [0.29, 0.717) is 17.6 Å². The number of nitrogens with two attached hydrogens (primary N) is 1.